The second kappa shape index (κ2) is 7.63. The molecule has 0 aromatic carbocycles. The first-order valence-electron chi connectivity index (χ1n) is 6.27. The van der Waals surface area contributed by atoms with Crippen molar-refractivity contribution in [2.45, 2.75) is 39.2 Å². The number of rotatable bonds is 6. The number of amides is 1. The van der Waals surface area contributed by atoms with Gasteiger partial charge >= 0.3 is 0 Å². The Morgan fingerprint density at radius 1 is 1.56 bits per heavy atom. The molecule has 1 aliphatic heterocycles. The number of ether oxygens (including phenoxy) is 1. The normalized spacial score (nSPS) is 21.1. The summed E-state index contributed by atoms with van der Waals surface area (Å²) in [7, 11) is 0. The minimum atomic E-state index is 0.0545. The Bertz CT molecular complexity index is 201. The lowest BCUT2D eigenvalue weighted by Gasteiger charge is -2.23. The molecular formula is C12H24N2O2. The van der Waals surface area contributed by atoms with Crippen LogP contribution in [0.5, 0.6) is 0 Å². The summed E-state index contributed by atoms with van der Waals surface area (Å²) in [6.07, 6.45) is 2.77. The fourth-order valence-electron chi connectivity index (χ4n) is 1.77. The van der Waals surface area contributed by atoms with Crippen molar-refractivity contribution in [1.29, 1.82) is 0 Å². The average Bonchev–Trinajstić information content (AvgIpc) is 2.25. The Labute approximate surface area is 98.1 Å². The van der Waals surface area contributed by atoms with E-state index in [9.17, 15) is 4.79 Å². The number of carbonyl (C=O) groups is 1. The van der Waals surface area contributed by atoms with E-state index in [0.717, 1.165) is 26.1 Å². The zero-order chi connectivity index (χ0) is 11.8. The number of hydrogen-bond acceptors (Lipinski definition) is 3. The van der Waals surface area contributed by atoms with Gasteiger partial charge in [0.1, 0.15) is 0 Å². The molecule has 0 spiro atoms. The van der Waals surface area contributed by atoms with E-state index in [1.807, 2.05) is 0 Å². The SMILES string of the molecule is CC(C)CCCNC(=O)CC1CNCCO1. The molecule has 0 aliphatic carbocycles. The molecule has 16 heavy (non-hydrogen) atoms. The largest absolute Gasteiger partial charge is 0.375 e. The summed E-state index contributed by atoms with van der Waals surface area (Å²) < 4.78 is 5.47. The molecule has 1 atom stereocenters. The van der Waals surface area contributed by atoms with Crippen LogP contribution in [0.1, 0.15) is 33.1 Å². The van der Waals surface area contributed by atoms with Crippen LogP contribution in [0.4, 0.5) is 0 Å². The van der Waals surface area contributed by atoms with E-state index in [0.29, 0.717) is 18.9 Å². The minimum Gasteiger partial charge on any atom is -0.375 e. The lowest BCUT2D eigenvalue weighted by Crippen LogP contribution is -2.41. The van der Waals surface area contributed by atoms with Crippen LogP contribution in [0.15, 0.2) is 0 Å². The molecule has 1 rings (SSSR count). The third kappa shape index (κ3) is 6.08. The van der Waals surface area contributed by atoms with Crippen LogP contribution in [0.3, 0.4) is 0 Å². The van der Waals surface area contributed by atoms with E-state index in [1.165, 1.54) is 6.42 Å². The standard InChI is InChI=1S/C12H24N2O2/c1-10(2)4-3-5-14-12(15)8-11-9-13-6-7-16-11/h10-11,13H,3-9H2,1-2H3,(H,14,15). The second-order valence-electron chi connectivity index (χ2n) is 4.79. The molecule has 1 fully saturated rings. The Morgan fingerprint density at radius 3 is 3.00 bits per heavy atom. The first-order valence-corrected chi connectivity index (χ1v) is 6.27. The molecule has 1 unspecified atom stereocenters. The molecule has 1 heterocycles. The van der Waals surface area contributed by atoms with Gasteiger partial charge in [0.05, 0.1) is 19.1 Å². The summed E-state index contributed by atoms with van der Waals surface area (Å²) in [6, 6.07) is 0. The maximum Gasteiger partial charge on any atom is 0.222 e. The van der Waals surface area contributed by atoms with Gasteiger partial charge in [0.15, 0.2) is 0 Å². The molecule has 1 saturated heterocycles. The van der Waals surface area contributed by atoms with Gasteiger partial charge in [-0.15, -0.1) is 0 Å². The first kappa shape index (κ1) is 13.5. The van der Waals surface area contributed by atoms with Crippen LogP contribution >= 0.6 is 0 Å². The minimum absolute atomic E-state index is 0.0545. The van der Waals surface area contributed by atoms with Crippen molar-refractivity contribution in [1.82, 2.24) is 10.6 Å². The highest BCUT2D eigenvalue weighted by Gasteiger charge is 2.16. The molecule has 4 nitrogen and oxygen atoms in total. The Kier molecular flexibility index (Phi) is 6.42. The van der Waals surface area contributed by atoms with Crippen molar-refractivity contribution in [2.75, 3.05) is 26.2 Å². The molecule has 94 valence electrons. The lowest BCUT2D eigenvalue weighted by molar-refractivity contribution is -0.124. The highest BCUT2D eigenvalue weighted by atomic mass is 16.5. The summed E-state index contributed by atoms with van der Waals surface area (Å²) in [5.74, 6) is 0.820. The average molecular weight is 228 g/mol. The van der Waals surface area contributed by atoms with Crippen LogP contribution in [0, 0.1) is 5.92 Å². The first-order chi connectivity index (χ1) is 7.68. The number of hydrogen-bond donors (Lipinski definition) is 2. The summed E-state index contributed by atoms with van der Waals surface area (Å²) in [4.78, 5) is 11.5. The molecule has 0 radical (unpaired) electrons. The van der Waals surface area contributed by atoms with Crippen LogP contribution in [0.2, 0.25) is 0 Å². The maximum atomic E-state index is 11.5. The van der Waals surface area contributed by atoms with Gasteiger partial charge in [0, 0.05) is 19.6 Å². The van der Waals surface area contributed by atoms with Gasteiger partial charge in [-0.25, -0.2) is 0 Å². The van der Waals surface area contributed by atoms with E-state index in [-0.39, 0.29) is 12.0 Å². The number of morpholine rings is 1. The van der Waals surface area contributed by atoms with Crippen LogP contribution < -0.4 is 10.6 Å². The quantitative estimate of drug-likeness (QED) is 0.665. The molecule has 1 amide bonds. The van der Waals surface area contributed by atoms with Gasteiger partial charge in [-0.3, -0.25) is 4.79 Å². The van der Waals surface area contributed by atoms with Crippen LogP contribution in [-0.2, 0) is 9.53 Å². The molecular weight excluding hydrogens is 204 g/mol. The fraction of sp³-hybridized carbons (Fsp3) is 0.917. The van der Waals surface area contributed by atoms with Gasteiger partial charge in [0.25, 0.3) is 0 Å². The van der Waals surface area contributed by atoms with E-state index >= 15 is 0 Å². The van der Waals surface area contributed by atoms with Gasteiger partial charge in [-0.1, -0.05) is 13.8 Å². The van der Waals surface area contributed by atoms with Crippen LogP contribution in [-0.4, -0.2) is 38.3 Å². The molecule has 0 saturated carbocycles. The van der Waals surface area contributed by atoms with Gasteiger partial charge in [0.2, 0.25) is 5.91 Å². The van der Waals surface area contributed by atoms with Crippen molar-refractivity contribution < 1.29 is 9.53 Å². The third-order valence-corrected chi connectivity index (χ3v) is 2.70. The summed E-state index contributed by atoms with van der Waals surface area (Å²) in [5.41, 5.74) is 0. The predicted octanol–water partition coefficient (Wildman–Crippen LogP) is 0.917. The van der Waals surface area contributed by atoms with Crippen LogP contribution in [0.25, 0.3) is 0 Å². The van der Waals surface area contributed by atoms with Crippen molar-refractivity contribution in [3.63, 3.8) is 0 Å². The van der Waals surface area contributed by atoms with Gasteiger partial charge in [-0.05, 0) is 18.8 Å². The van der Waals surface area contributed by atoms with E-state index < -0.39 is 0 Å². The zero-order valence-electron chi connectivity index (χ0n) is 10.4. The lowest BCUT2D eigenvalue weighted by atomic mass is 10.1. The number of nitrogens with one attached hydrogen (secondary N) is 2. The third-order valence-electron chi connectivity index (χ3n) is 2.70. The van der Waals surface area contributed by atoms with Gasteiger partial charge < -0.3 is 15.4 Å². The summed E-state index contributed by atoms with van der Waals surface area (Å²) >= 11 is 0. The highest BCUT2D eigenvalue weighted by molar-refractivity contribution is 5.76. The van der Waals surface area contributed by atoms with Crippen molar-refractivity contribution >= 4 is 5.91 Å². The zero-order valence-corrected chi connectivity index (χ0v) is 10.4. The molecule has 0 bridgehead atoms. The summed E-state index contributed by atoms with van der Waals surface area (Å²) in [5, 5.41) is 6.16. The monoisotopic (exact) mass is 228 g/mol. The van der Waals surface area contributed by atoms with E-state index in [1.54, 1.807) is 0 Å². The number of carbonyl (C=O) groups excluding carboxylic acids is 1. The maximum absolute atomic E-state index is 11.5. The molecule has 0 aromatic heterocycles. The van der Waals surface area contributed by atoms with Gasteiger partial charge in [-0.2, -0.15) is 0 Å². The Morgan fingerprint density at radius 2 is 2.38 bits per heavy atom. The molecule has 1 aliphatic rings. The molecule has 0 aromatic rings. The Balaban J connectivity index is 2.01. The fourth-order valence-corrected chi connectivity index (χ4v) is 1.77. The molecule has 4 heteroatoms. The van der Waals surface area contributed by atoms with Crippen molar-refractivity contribution in [3.05, 3.63) is 0 Å². The highest BCUT2D eigenvalue weighted by Crippen LogP contribution is 2.03. The summed E-state index contributed by atoms with van der Waals surface area (Å²) in [6.45, 7) is 7.58. The van der Waals surface area contributed by atoms with E-state index in [2.05, 4.69) is 24.5 Å². The second-order valence-corrected chi connectivity index (χ2v) is 4.79. The smallest absolute Gasteiger partial charge is 0.222 e. The van der Waals surface area contributed by atoms with Crippen molar-refractivity contribution in [2.24, 2.45) is 5.92 Å². The predicted molar refractivity (Wildman–Crippen MR) is 64.3 cm³/mol. The topological polar surface area (TPSA) is 50.4 Å². The molecule has 2 N–H and O–H groups in total. The Hall–Kier alpha value is -0.610. The van der Waals surface area contributed by atoms with E-state index in [4.69, 9.17) is 4.74 Å². The van der Waals surface area contributed by atoms with Crippen molar-refractivity contribution in [3.8, 4) is 0 Å².